The van der Waals surface area contributed by atoms with Gasteiger partial charge in [-0.15, -0.1) is 0 Å². The number of carbonyl (C=O) groups is 1. The zero-order valence-corrected chi connectivity index (χ0v) is 15.3. The van der Waals surface area contributed by atoms with E-state index in [-0.39, 0.29) is 18.0 Å². The number of aryl methyl sites for hydroxylation is 1. The van der Waals surface area contributed by atoms with Crippen LogP contribution in [0.2, 0.25) is 0 Å². The molecule has 4 aromatic rings. The molecular formula is C20H17N5O3. The minimum Gasteiger partial charge on any atom is -0.334 e. The van der Waals surface area contributed by atoms with Crippen LogP contribution in [0.3, 0.4) is 0 Å². The Morgan fingerprint density at radius 2 is 1.96 bits per heavy atom. The fourth-order valence-electron chi connectivity index (χ4n) is 2.98. The summed E-state index contributed by atoms with van der Waals surface area (Å²) in [5.74, 6) is 1.08. The van der Waals surface area contributed by atoms with Crippen LogP contribution in [0, 0.1) is 6.92 Å². The van der Waals surface area contributed by atoms with E-state index in [0.29, 0.717) is 39.7 Å². The number of rotatable bonds is 4. The third-order valence-electron chi connectivity index (χ3n) is 4.25. The Morgan fingerprint density at radius 1 is 1.14 bits per heavy atom. The van der Waals surface area contributed by atoms with Crippen molar-refractivity contribution in [1.82, 2.24) is 19.7 Å². The van der Waals surface area contributed by atoms with Gasteiger partial charge in [-0.3, -0.25) is 14.2 Å². The van der Waals surface area contributed by atoms with Gasteiger partial charge in [0.1, 0.15) is 5.82 Å². The molecule has 1 amide bonds. The van der Waals surface area contributed by atoms with E-state index in [2.05, 4.69) is 20.4 Å². The molecule has 0 bridgehead atoms. The van der Waals surface area contributed by atoms with Gasteiger partial charge in [0.15, 0.2) is 5.82 Å². The third kappa shape index (κ3) is 3.39. The molecule has 8 heteroatoms. The lowest BCUT2D eigenvalue weighted by molar-refractivity contribution is -0.114. The van der Waals surface area contributed by atoms with Crippen molar-refractivity contribution in [1.29, 1.82) is 0 Å². The van der Waals surface area contributed by atoms with Gasteiger partial charge in [-0.1, -0.05) is 23.4 Å². The van der Waals surface area contributed by atoms with Crippen molar-refractivity contribution in [2.24, 2.45) is 0 Å². The summed E-state index contributed by atoms with van der Waals surface area (Å²) < 4.78 is 6.86. The Labute approximate surface area is 159 Å². The van der Waals surface area contributed by atoms with E-state index >= 15 is 0 Å². The summed E-state index contributed by atoms with van der Waals surface area (Å²) in [6.45, 7) is 3.36. The molecule has 4 rings (SSSR count). The first-order valence-electron chi connectivity index (χ1n) is 8.68. The average molecular weight is 375 g/mol. The first-order valence-corrected chi connectivity index (χ1v) is 8.68. The molecule has 1 N–H and O–H groups in total. The molecule has 2 aromatic heterocycles. The van der Waals surface area contributed by atoms with E-state index in [4.69, 9.17) is 4.52 Å². The van der Waals surface area contributed by atoms with Gasteiger partial charge >= 0.3 is 0 Å². The van der Waals surface area contributed by atoms with Crippen LogP contribution in [-0.2, 0) is 11.3 Å². The second-order valence-corrected chi connectivity index (χ2v) is 6.35. The second-order valence-electron chi connectivity index (χ2n) is 6.35. The lowest BCUT2D eigenvalue weighted by Crippen LogP contribution is -2.24. The predicted molar refractivity (Wildman–Crippen MR) is 104 cm³/mol. The van der Waals surface area contributed by atoms with Crippen molar-refractivity contribution in [3.05, 3.63) is 70.5 Å². The Kier molecular flexibility index (Phi) is 4.44. The average Bonchev–Trinajstić information content (AvgIpc) is 3.14. The van der Waals surface area contributed by atoms with Gasteiger partial charge in [-0.2, -0.15) is 4.98 Å². The molecule has 140 valence electrons. The van der Waals surface area contributed by atoms with Gasteiger partial charge < -0.3 is 9.84 Å². The summed E-state index contributed by atoms with van der Waals surface area (Å²) in [6, 6.07) is 14.3. The van der Waals surface area contributed by atoms with E-state index < -0.39 is 0 Å². The number of fused-ring (bicyclic) bond motifs is 1. The molecule has 0 spiro atoms. The summed E-state index contributed by atoms with van der Waals surface area (Å²) in [4.78, 5) is 32.9. The molecule has 0 fully saturated rings. The molecule has 2 heterocycles. The molecule has 28 heavy (non-hydrogen) atoms. The SMILES string of the molecule is CC(=O)Nc1cccc(-c2nc(Cn3c(C)nc4ccccc4c3=O)no2)c1. The number of aromatic nitrogens is 4. The van der Waals surface area contributed by atoms with Crippen LogP contribution in [0.4, 0.5) is 5.69 Å². The van der Waals surface area contributed by atoms with E-state index in [0.717, 1.165) is 0 Å². The van der Waals surface area contributed by atoms with Gasteiger partial charge in [-0.25, -0.2) is 4.98 Å². The van der Waals surface area contributed by atoms with Crippen molar-refractivity contribution < 1.29 is 9.32 Å². The van der Waals surface area contributed by atoms with Gasteiger partial charge in [0, 0.05) is 18.2 Å². The van der Waals surface area contributed by atoms with Crippen LogP contribution >= 0.6 is 0 Å². The highest BCUT2D eigenvalue weighted by Gasteiger charge is 2.14. The van der Waals surface area contributed by atoms with E-state index in [9.17, 15) is 9.59 Å². The van der Waals surface area contributed by atoms with Crippen molar-refractivity contribution >= 4 is 22.5 Å². The molecule has 0 atom stereocenters. The van der Waals surface area contributed by atoms with Gasteiger partial charge in [0.25, 0.3) is 11.4 Å². The first-order chi connectivity index (χ1) is 13.5. The molecule has 0 saturated carbocycles. The standard InChI is InChI=1S/C20H17N5O3/c1-12-21-17-9-4-3-8-16(17)20(27)25(12)11-18-23-19(28-24-18)14-6-5-7-15(10-14)22-13(2)26/h3-10H,11H2,1-2H3,(H,22,26). The number of nitrogens with one attached hydrogen (secondary N) is 1. The van der Waals surface area contributed by atoms with Crippen molar-refractivity contribution in [3.8, 4) is 11.5 Å². The van der Waals surface area contributed by atoms with Crippen molar-refractivity contribution in [3.63, 3.8) is 0 Å². The quantitative estimate of drug-likeness (QED) is 0.588. The molecule has 8 nitrogen and oxygen atoms in total. The summed E-state index contributed by atoms with van der Waals surface area (Å²) >= 11 is 0. The minimum absolute atomic E-state index is 0.150. The lowest BCUT2D eigenvalue weighted by atomic mass is 10.2. The van der Waals surface area contributed by atoms with Gasteiger partial charge in [-0.05, 0) is 37.3 Å². The zero-order valence-electron chi connectivity index (χ0n) is 15.3. The highest BCUT2D eigenvalue weighted by Crippen LogP contribution is 2.21. The fourth-order valence-corrected chi connectivity index (χ4v) is 2.98. The van der Waals surface area contributed by atoms with E-state index in [1.165, 1.54) is 11.5 Å². The molecule has 0 aliphatic heterocycles. The van der Waals surface area contributed by atoms with Crippen LogP contribution in [0.25, 0.3) is 22.4 Å². The maximum Gasteiger partial charge on any atom is 0.261 e. The van der Waals surface area contributed by atoms with Crippen molar-refractivity contribution in [2.75, 3.05) is 5.32 Å². The highest BCUT2D eigenvalue weighted by molar-refractivity contribution is 5.89. The first kappa shape index (κ1) is 17.6. The Bertz CT molecular complexity index is 1240. The smallest absolute Gasteiger partial charge is 0.261 e. The number of benzene rings is 2. The Balaban J connectivity index is 1.65. The maximum absolute atomic E-state index is 12.8. The summed E-state index contributed by atoms with van der Waals surface area (Å²) in [5.41, 5.74) is 1.81. The number of anilines is 1. The van der Waals surface area contributed by atoms with Crippen LogP contribution in [0.5, 0.6) is 0 Å². The highest BCUT2D eigenvalue weighted by atomic mass is 16.5. The number of amides is 1. The normalized spacial score (nSPS) is 10.9. The topological polar surface area (TPSA) is 103 Å². The van der Waals surface area contributed by atoms with E-state index in [1.54, 1.807) is 43.3 Å². The summed E-state index contributed by atoms with van der Waals surface area (Å²) in [6.07, 6.45) is 0. The van der Waals surface area contributed by atoms with Gasteiger partial charge in [0.2, 0.25) is 5.91 Å². The molecule has 0 saturated heterocycles. The molecule has 2 aromatic carbocycles. The second kappa shape index (κ2) is 7.07. The number of para-hydroxylation sites is 1. The van der Waals surface area contributed by atoms with Gasteiger partial charge in [0.05, 0.1) is 17.4 Å². The number of hydrogen-bond donors (Lipinski definition) is 1. The zero-order chi connectivity index (χ0) is 19.7. The number of hydrogen-bond acceptors (Lipinski definition) is 6. The van der Waals surface area contributed by atoms with Crippen LogP contribution in [0.15, 0.2) is 57.8 Å². The Hall–Kier alpha value is -3.81. The lowest BCUT2D eigenvalue weighted by Gasteiger charge is -2.08. The van der Waals surface area contributed by atoms with Crippen LogP contribution in [0.1, 0.15) is 18.6 Å². The fraction of sp³-hybridized carbons (Fsp3) is 0.150. The Morgan fingerprint density at radius 3 is 2.79 bits per heavy atom. The largest absolute Gasteiger partial charge is 0.334 e. The third-order valence-corrected chi connectivity index (χ3v) is 4.25. The predicted octanol–water partition coefficient (Wildman–Crippen LogP) is 2.76. The number of nitrogens with zero attached hydrogens (tertiary/aromatic N) is 4. The monoisotopic (exact) mass is 375 g/mol. The molecule has 0 unspecified atom stereocenters. The molecule has 0 radical (unpaired) electrons. The number of carbonyl (C=O) groups excluding carboxylic acids is 1. The summed E-state index contributed by atoms with van der Waals surface area (Å²) in [5, 5.41) is 7.23. The molecule has 0 aliphatic carbocycles. The van der Waals surface area contributed by atoms with Crippen LogP contribution in [-0.4, -0.2) is 25.6 Å². The molecular weight excluding hydrogens is 358 g/mol. The maximum atomic E-state index is 12.8. The van der Waals surface area contributed by atoms with E-state index in [1.807, 2.05) is 12.1 Å². The summed E-state index contributed by atoms with van der Waals surface area (Å²) in [7, 11) is 0. The molecule has 0 aliphatic rings. The van der Waals surface area contributed by atoms with Crippen molar-refractivity contribution in [2.45, 2.75) is 20.4 Å². The van der Waals surface area contributed by atoms with Crippen LogP contribution < -0.4 is 10.9 Å². The minimum atomic E-state index is -0.165.